The maximum absolute atomic E-state index is 13.6. The first-order valence-corrected chi connectivity index (χ1v) is 11.5. The number of ether oxygens (including phenoxy) is 2. The fourth-order valence-corrected chi connectivity index (χ4v) is 4.64. The number of hydrogen-bond donors (Lipinski definition) is 3. The van der Waals surface area contributed by atoms with E-state index in [1.165, 1.54) is 0 Å². The van der Waals surface area contributed by atoms with E-state index in [4.69, 9.17) is 13.9 Å². The lowest BCUT2D eigenvalue weighted by molar-refractivity contribution is -0.122. The first-order valence-electron chi connectivity index (χ1n) is 11.5. The number of fused-ring (bicyclic) bond motifs is 1. The average molecular weight is 462 g/mol. The van der Waals surface area contributed by atoms with Crippen molar-refractivity contribution in [3.05, 3.63) is 72.2 Å². The Morgan fingerprint density at radius 1 is 0.853 bits per heavy atom. The summed E-state index contributed by atoms with van der Waals surface area (Å²) in [5, 5.41) is 8.60. The zero-order valence-electron chi connectivity index (χ0n) is 18.8. The second-order valence-corrected chi connectivity index (χ2v) is 8.63. The van der Waals surface area contributed by atoms with Crippen molar-refractivity contribution in [2.75, 3.05) is 17.4 Å². The number of benzene rings is 2. The molecule has 0 saturated heterocycles. The van der Waals surface area contributed by atoms with Crippen LogP contribution in [0.3, 0.4) is 0 Å². The van der Waals surface area contributed by atoms with Gasteiger partial charge in [0.1, 0.15) is 5.76 Å². The molecule has 3 N–H and O–H groups in total. The van der Waals surface area contributed by atoms with Gasteiger partial charge in [-0.25, -0.2) is 4.79 Å². The first-order chi connectivity index (χ1) is 16.6. The molecular weight excluding hydrogens is 434 g/mol. The van der Waals surface area contributed by atoms with Gasteiger partial charge in [0.05, 0.1) is 18.2 Å². The molecule has 1 aliphatic heterocycles. The zero-order valence-corrected chi connectivity index (χ0v) is 18.8. The third-order valence-electron chi connectivity index (χ3n) is 6.47. The Balaban J connectivity index is 1.25. The summed E-state index contributed by atoms with van der Waals surface area (Å²) in [6.07, 6.45) is 6.26. The molecule has 2 heterocycles. The molecule has 0 spiro atoms. The van der Waals surface area contributed by atoms with Gasteiger partial charge in [-0.05, 0) is 66.9 Å². The summed E-state index contributed by atoms with van der Waals surface area (Å²) in [5.41, 5.74) is 1.65. The van der Waals surface area contributed by atoms with Crippen molar-refractivity contribution in [2.45, 2.75) is 44.1 Å². The van der Waals surface area contributed by atoms with E-state index >= 15 is 0 Å². The molecule has 0 radical (unpaired) electrons. The molecule has 176 valence electrons. The van der Waals surface area contributed by atoms with Crippen LogP contribution in [0.5, 0.6) is 11.5 Å². The Kier molecular flexibility index (Phi) is 6.12. The van der Waals surface area contributed by atoms with Gasteiger partial charge in [-0.1, -0.05) is 25.3 Å². The minimum atomic E-state index is -0.609. The summed E-state index contributed by atoms with van der Waals surface area (Å²) >= 11 is 0. The van der Waals surface area contributed by atoms with E-state index in [2.05, 4.69) is 16.0 Å². The summed E-state index contributed by atoms with van der Waals surface area (Å²) in [7, 11) is 0. The van der Waals surface area contributed by atoms with Crippen LogP contribution in [-0.2, 0) is 16.8 Å². The molecular formula is C26H27N3O5. The zero-order chi connectivity index (χ0) is 23.4. The predicted molar refractivity (Wildman–Crippen MR) is 127 cm³/mol. The number of anilines is 2. The van der Waals surface area contributed by atoms with E-state index in [1.54, 1.807) is 42.7 Å². The van der Waals surface area contributed by atoms with Crippen LogP contribution in [0, 0.1) is 0 Å². The molecule has 34 heavy (non-hydrogen) atoms. The lowest BCUT2D eigenvalue weighted by atomic mass is 9.68. The fraction of sp³-hybridized carbons (Fsp3) is 0.308. The van der Waals surface area contributed by atoms with Crippen molar-refractivity contribution < 1.29 is 23.5 Å². The highest BCUT2D eigenvalue weighted by Gasteiger charge is 2.42. The van der Waals surface area contributed by atoms with Gasteiger partial charge in [-0.2, -0.15) is 0 Å². The summed E-state index contributed by atoms with van der Waals surface area (Å²) < 4.78 is 16.2. The van der Waals surface area contributed by atoms with Gasteiger partial charge >= 0.3 is 6.03 Å². The van der Waals surface area contributed by atoms with Crippen LogP contribution in [0.15, 0.2) is 65.3 Å². The number of rotatable bonds is 6. The summed E-state index contributed by atoms with van der Waals surface area (Å²) in [6, 6.07) is 16.1. The lowest BCUT2D eigenvalue weighted by Gasteiger charge is -2.36. The molecule has 0 unspecified atom stereocenters. The van der Waals surface area contributed by atoms with Crippen LogP contribution < -0.4 is 25.4 Å². The molecule has 1 saturated carbocycles. The number of amides is 3. The van der Waals surface area contributed by atoms with E-state index in [-0.39, 0.29) is 18.7 Å². The Hall–Kier alpha value is -3.94. The number of urea groups is 1. The van der Waals surface area contributed by atoms with Crippen LogP contribution in [0.4, 0.5) is 16.2 Å². The monoisotopic (exact) mass is 461 g/mol. The van der Waals surface area contributed by atoms with E-state index < -0.39 is 5.41 Å². The molecule has 3 aromatic rings. The summed E-state index contributed by atoms with van der Waals surface area (Å²) in [5.74, 6) is 2.05. The minimum Gasteiger partial charge on any atom is -0.467 e. The van der Waals surface area contributed by atoms with Gasteiger partial charge < -0.3 is 29.8 Å². The SMILES string of the molecule is O=C(NCc1ccco1)Nc1ccc(NC(=O)C2(c3ccc4c(c3)OCO4)CCCCC2)cc1. The van der Waals surface area contributed by atoms with E-state index in [0.717, 1.165) is 37.7 Å². The fourth-order valence-electron chi connectivity index (χ4n) is 4.64. The molecule has 2 aliphatic rings. The topological polar surface area (TPSA) is 102 Å². The molecule has 0 bridgehead atoms. The molecule has 5 rings (SSSR count). The highest BCUT2D eigenvalue weighted by Crippen LogP contribution is 2.44. The number of nitrogens with one attached hydrogen (secondary N) is 3. The van der Waals surface area contributed by atoms with Crippen molar-refractivity contribution in [3.8, 4) is 11.5 Å². The molecule has 1 fully saturated rings. The maximum atomic E-state index is 13.6. The largest absolute Gasteiger partial charge is 0.467 e. The Morgan fingerprint density at radius 2 is 1.59 bits per heavy atom. The number of furan rings is 1. The van der Waals surface area contributed by atoms with Gasteiger partial charge in [-0.15, -0.1) is 0 Å². The first kappa shape index (κ1) is 21.9. The quantitative estimate of drug-likeness (QED) is 0.470. The second-order valence-electron chi connectivity index (χ2n) is 8.63. The normalized spacial score (nSPS) is 16.0. The molecule has 2 aromatic carbocycles. The van der Waals surface area contributed by atoms with Crippen molar-refractivity contribution in [1.82, 2.24) is 5.32 Å². The van der Waals surface area contributed by atoms with Gasteiger partial charge in [0, 0.05) is 11.4 Å². The molecule has 3 amide bonds. The molecule has 8 heteroatoms. The third kappa shape index (κ3) is 4.57. The summed E-state index contributed by atoms with van der Waals surface area (Å²) in [6.45, 7) is 0.508. The highest BCUT2D eigenvalue weighted by atomic mass is 16.7. The van der Waals surface area contributed by atoms with Crippen molar-refractivity contribution >= 4 is 23.3 Å². The third-order valence-corrected chi connectivity index (χ3v) is 6.47. The molecule has 1 aromatic heterocycles. The van der Waals surface area contributed by atoms with Crippen LogP contribution in [0.25, 0.3) is 0 Å². The van der Waals surface area contributed by atoms with Crippen molar-refractivity contribution in [2.24, 2.45) is 0 Å². The van der Waals surface area contributed by atoms with Gasteiger partial charge in [-0.3, -0.25) is 4.79 Å². The Labute approximate surface area is 197 Å². The smallest absolute Gasteiger partial charge is 0.319 e. The van der Waals surface area contributed by atoms with Crippen molar-refractivity contribution in [1.29, 1.82) is 0 Å². The summed E-state index contributed by atoms with van der Waals surface area (Å²) in [4.78, 5) is 25.7. The van der Waals surface area contributed by atoms with E-state index in [0.29, 0.717) is 35.2 Å². The maximum Gasteiger partial charge on any atom is 0.319 e. The van der Waals surface area contributed by atoms with Crippen LogP contribution >= 0.6 is 0 Å². The van der Waals surface area contributed by atoms with Crippen LogP contribution in [0.2, 0.25) is 0 Å². The molecule has 8 nitrogen and oxygen atoms in total. The highest BCUT2D eigenvalue weighted by molar-refractivity contribution is 5.99. The van der Waals surface area contributed by atoms with Gasteiger partial charge in [0.15, 0.2) is 11.5 Å². The Morgan fingerprint density at radius 3 is 2.32 bits per heavy atom. The molecule has 0 atom stereocenters. The standard InChI is InChI=1S/C26H27N3O5/c30-24(26(12-2-1-3-13-26)18-6-11-22-23(15-18)34-17-33-22)28-19-7-9-20(10-8-19)29-25(31)27-16-21-5-4-14-32-21/h4-11,14-15H,1-3,12-13,16-17H2,(H,28,30)(H2,27,29,31). The average Bonchev–Trinajstić information content (AvgIpc) is 3.56. The Bertz CT molecular complexity index is 1150. The van der Waals surface area contributed by atoms with Crippen molar-refractivity contribution in [3.63, 3.8) is 0 Å². The minimum absolute atomic E-state index is 0.0250. The van der Waals surface area contributed by atoms with Gasteiger partial charge in [0.25, 0.3) is 0 Å². The lowest BCUT2D eigenvalue weighted by Crippen LogP contribution is -2.42. The predicted octanol–water partition coefficient (Wildman–Crippen LogP) is 5.17. The van der Waals surface area contributed by atoms with E-state index in [1.807, 2.05) is 18.2 Å². The van der Waals surface area contributed by atoms with Crippen LogP contribution in [-0.4, -0.2) is 18.7 Å². The molecule has 1 aliphatic carbocycles. The second kappa shape index (κ2) is 9.51. The number of carbonyl (C=O) groups excluding carboxylic acids is 2. The van der Waals surface area contributed by atoms with E-state index in [9.17, 15) is 9.59 Å². The van der Waals surface area contributed by atoms with Crippen LogP contribution in [0.1, 0.15) is 43.4 Å². The van der Waals surface area contributed by atoms with Gasteiger partial charge in [0.2, 0.25) is 12.7 Å². The number of carbonyl (C=O) groups is 2. The number of hydrogen-bond acceptors (Lipinski definition) is 5.